The molecule has 1 heterocycles. The summed E-state index contributed by atoms with van der Waals surface area (Å²) in [5.41, 5.74) is 2.43. The van der Waals surface area contributed by atoms with E-state index in [2.05, 4.69) is 21.2 Å². The van der Waals surface area contributed by atoms with E-state index in [1.165, 1.54) is 12.0 Å². The number of nitrogens with one attached hydrogen (secondary N) is 1. The summed E-state index contributed by atoms with van der Waals surface area (Å²) in [5.74, 6) is 0.114. The van der Waals surface area contributed by atoms with E-state index in [9.17, 15) is 14.4 Å². The molecule has 7 nitrogen and oxygen atoms in total. The minimum atomic E-state index is -0.321. The van der Waals surface area contributed by atoms with Crippen molar-refractivity contribution in [2.45, 2.75) is 26.8 Å². The number of hydrogen-bond acceptors (Lipinski definition) is 6. The van der Waals surface area contributed by atoms with Gasteiger partial charge in [-0.05, 0) is 84.4 Å². The number of ether oxygens (including phenoxy) is 2. The molecule has 32 heavy (non-hydrogen) atoms. The second-order valence-electron chi connectivity index (χ2n) is 7.38. The van der Waals surface area contributed by atoms with Crippen LogP contribution in [0.1, 0.15) is 25.0 Å². The number of anilines is 1. The van der Waals surface area contributed by atoms with Crippen molar-refractivity contribution in [2.75, 3.05) is 19.0 Å². The quantitative estimate of drug-likeness (QED) is 0.505. The van der Waals surface area contributed by atoms with Crippen LogP contribution in [0.5, 0.6) is 11.5 Å². The van der Waals surface area contributed by atoms with Gasteiger partial charge in [0.15, 0.2) is 18.1 Å². The Balaban J connectivity index is 1.74. The molecule has 9 heteroatoms. The highest BCUT2D eigenvalue weighted by atomic mass is 79.9. The molecule has 1 aliphatic heterocycles. The summed E-state index contributed by atoms with van der Waals surface area (Å²) in [7, 11) is 1.48. The molecule has 3 rings (SSSR count). The van der Waals surface area contributed by atoms with Crippen molar-refractivity contribution in [1.29, 1.82) is 0 Å². The molecule has 0 spiro atoms. The van der Waals surface area contributed by atoms with Gasteiger partial charge in [0.1, 0.15) is 0 Å². The molecule has 0 aromatic heterocycles. The predicted octanol–water partition coefficient (Wildman–Crippen LogP) is 5.23. The summed E-state index contributed by atoms with van der Waals surface area (Å²) in [4.78, 5) is 38.4. The molecule has 3 amide bonds. The number of thioether (sulfide) groups is 1. The maximum absolute atomic E-state index is 12.5. The van der Waals surface area contributed by atoms with Crippen LogP contribution in [0.25, 0.3) is 6.08 Å². The van der Waals surface area contributed by atoms with E-state index in [1.54, 1.807) is 32.1 Å². The lowest BCUT2D eigenvalue weighted by Crippen LogP contribution is -2.34. The molecule has 0 atom stereocenters. The number of carbonyl (C=O) groups is 3. The van der Waals surface area contributed by atoms with Crippen molar-refractivity contribution in [3.05, 3.63) is 56.9 Å². The van der Waals surface area contributed by atoms with Gasteiger partial charge in [-0.3, -0.25) is 19.3 Å². The topological polar surface area (TPSA) is 84.9 Å². The highest BCUT2D eigenvalue weighted by molar-refractivity contribution is 9.10. The van der Waals surface area contributed by atoms with Gasteiger partial charge in [-0.25, -0.2) is 0 Å². The van der Waals surface area contributed by atoms with Gasteiger partial charge in [0.25, 0.3) is 17.1 Å². The van der Waals surface area contributed by atoms with Crippen molar-refractivity contribution < 1.29 is 23.9 Å². The fourth-order valence-corrected chi connectivity index (χ4v) is 4.55. The van der Waals surface area contributed by atoms with Gasteiger partial charge in [-0.2, -0.15) is 0 Å². The molecule has 0 unspecified atom stereocenters. The highest BCUT2D eigenvalue weighted by Crippen LogP contribution is 2.39. The second kappa shape index (κ2) is 10.2. The third-order valence-electron chi connectivity index (χ3n) is 4.57. The number of rotatable bonds is 7. The van der Waals surface area contributed by atoms with E-state index in [0.29, 0.717) is 32.1 Å². The van der Waals surface area contributed by atoms with Crippen molar-refractivity contribution in [3.63, 3.8) is 0 Å². The minimum Gasteiger partial charge on any atom is -0.493 e. The van der Waals surface area contributed by atoms with Gasteiger partial charge in [0.05, 0.1) is 16.5 Å². The lowest BCUT2D eigenvalue weighted by atomic mass is 10.1. The highest BCUT2D eigenvalue weighted by Gasteiger charge is 2.36. The fourth-order valence-electron chi connectivity index (χ4n) is 3.01. The lowest BCUT2D eigenvalue weighted by molar-refractivity contribution is -0.123. The van der Waals surface area contributed by atoms with Crippen molar-refractivity contribution in [2.24, 2.45) is 0 Å². The predicted molar refractivity (Wildman–Crippen MR) is 129 cm³/mol. The van der Waals surface area contributed by atoms with E-state index in [0.717, 1.165) is 17.3 Å². The van der Waals surface area contributed by atoms with Crippen LogP contribution in [-0.2, 0) is 9.59 Å². The first-order valence-electron chi connectivity index (χ1n) is 9.83. The van der Waals surface area contributed by atoms with E-state index in [1.807, 2.05) is 31.2 Å². The Morgan fingerprint density at radius 1 is 1.22 bits per heavy atom. The Bertz CT molecular complexity index is 1080. The zero-order valence-corrected chi connectivity index (χ0v) is 20.5. The van der Waals surface area contributed by atoms with Gasteiger partial charge >= 0.3 is 0 Å². The minimum absolute atomic E-state index is 0.212. The number of imide groups is 1. The number of amides is 3. The molecule has 1 fully saturated rings. The summed E-state index contributed by atoms with van der Waals surface area (Å²) in [6.07, 6.45) is 1.63. The Hall–Kier alpha value is -2.78. The Labute approximate surface area is 199 Å². The molecule has 2 aromatic rings. The van der Waals surface area contributed by atoms with Crippen molar-refractivity contribution in [3.8, 4) is 11.5 Å². The summed E-state index contributed by atoms with van der Waals surface area (Å²) in [6, 6.07) is 10.7. The largest absolute Gasteiger partial charge is 0.493 e. The number of nitrogens with zero attached hydrogens (tertiary/aromatic N) is 1. The average molecular weight is 519 g/mol. The van der Waals surface area contributed by atoms with Crippen LogP contribution >= 0.6 is 27.7 Å². The average Bonchev–Trinajstić information content (AvgIpc) is 3.01. The summed E-state index contributed by atoms with van der Waals surface area (Å²) in [5, 5.41) is 2.48. The third kappa shape index (κ3) is 5.52. The lowest BCUT2D eigenvalue weighted by Gasteiger charge is -2.16. The third-order valence-corrected chi connectivity index (χ3v) is 6.05. The molecular formula is C23H23BrN2O5S. The van der Waals surface area contributed by atoms with Crippen LogP contribution in [0, 0.1) is 6.92 Å². The van der Waals surface area contributed by atoms with E-state index < -0.39 is 0 Å². The van der Waals surface area contributed by atoms with Crippen LogP contribution in [-0.4, -0.2) is 41.7 Å². The molecule has 0 saturated carbocycles. The van der Waals surface area contributed by atoms with Crippen LogP contribution in [0.2, 0.25) is 0 Å². The Morgan fingerprint density at radius 3 is 2.50 bits per heavy atom. The number of aryl methyl sites for hydroxylation is 1. The van der Waals surface area contributed by atoms with E-state index in [4.69, 9.17) is 9.47 Å². The first-order valence-corrected chi connectivity index (χ1v) is 11.4. The summed E-state index contributed by atoms with van der Waals surface area (Å²) < 4.78 is 11.7. The van der Waals surface area contributed by atoms with Crippen molar-refractivity contribution in [1.82, 2.24) is 4.90 Å². The first-order chi connectivity index (χ1) is 15.2. The van der Waals surface area contributed by atoms with Crippen LogP contribution in [0.4, 0.5) is 10.5 Å². The molecular weight excluding hydrogens is 496 g/mol. The molecule has 1 saturated heterocycles. The van der Waals surface area contributed by atoms with Crippen molar-refractivity contribution >= 4 is 56.5 Å². The van der Waals surface area contributed by atoms with E-state index in [-0.39, 0.29) is 29.7 Å². The molecule has 2 aromatic carbocycles. The smallest absolute Gasteiger partial charge is 0.293 e. The second-order valence-corrected chi connectivity index (χ2v) is 9.23. The van der Waals surface area contributed by atoms with Gasteiger partial charge in [-0.15, -0.1) is 0 Å². The van der Waals surface area contributed by atoms with Gasteiger partial charge < -0.3 is 14.8 Å². The number of benzene rings is 2. The molecule has 0 aliphatic carbocycles. The zero-order chi connectivity index (χ0) is 23.4. The molecule has 168 valence electrons. The fraction of sp³-hybridized carbons (Fsp3) is 0.261. The van der Waals surface area contributed by atoms with Crippen LogP contribution < -0.4 is 14.8 Å². The Morgan fingerprint density at radius 2 is 1.91 bits per heavy atom. The van der Waals surface area contributed by atoms with Gasteiger partial charge in [0.2, 0.25) is 0 Å². The number of halogens is 1. The SMILES string of the molecule is COc1cc(/C=C2/SC(=O)N(C(C)C)C2=O)cc(Br)c1OCC(=O)Nc1ccc(C)cc1. The molecule has 0 radical (unpaired) electrons. The van der Waals surface area contributed by atoms with Crippen LogP contribution in [0.15, 0.2) is 45.8 Å². The van der Waals surface area contributed by atoms with Gasteiger partial charge in [-0.1, -0.05) is 17.7 Å². The first kappa shape index (κ1) is 23.9. The van der Waals surface area contributed by atoms with Crippen LogP contribution in [0.3, 0.4) is 0 Å². The summed E-state index contributed by atoms with van der Waals surface area (Å²) >= 11 is 4.34. The monoisotopic (exact) mass is 518 g/mol. The standard InChI is InChI=1S/C23H23BrN2O5S/c1-13(2)26-22(28)19(32-23(26)29)11-15-9-17(24)21(18(10-15)30-4)31-12-20(27)25-16-7-5-14(3)6-8-16/h5-11,13H,12H2,1-4H3,(H,25,27)/b19-11+. The maximum atomic E-state index is 12.5. The molecule has 1 aliphatic rings. The van der Waals surface area contributed by atoms with Gasteiger partial charge in [0, 0.05) is 11.7 Å². The van der Waals surface area contributed by atoms with E-state index >= 15 is 0 Å². The number of hydrogen-bond donors (Lipinski definition) is 1. The molecule has 1 N–H and O–H groups in total. The molecule has 0 bridgehead atoms. The zero-order valence-electron chi connectivity index (χ0n) is 18.1. The Kier molecular flexibility index (Phi) is 7.63. The number of methoxy groups -OCH3 is 1. The maximum Gasteiger partial charge on any atom is 0.293 e. The normalized spacial score (nSPS) is 14.9. The summed E-state index contributed by atoms with van der Waals surface area (Å²) in [6.45, 7) is 5.34. The number of carbonyl (C=O) groups excluding carboxylic acids is 3.